The molecule has 0 aliphatic heterocycles. The minimum absolute atomic E-state index is 0.168. The van der Waals surface area contributed by atoms with Crippen LogP contribution in [-0.2, 0) is 10.2 Å². The molecule has 1 aromatic heterocycles. The van der Waals surface area contributed by atoms with Crippen molar-refractivity contribution in [3.05, 3.63) is 77.3 Å². The number of nitrogens with two attached hydrogens (primary N) is 2. The van der Waals surface area contributed by atoms with Crippen LogP contribution < -0.4 is 16.2 Å². The predicted molar refractivity (Wildman–Crippen MR) is 140 cm³/mol. The fourth-order valence-corrected chi connectivity index (χ4v) is 3.41. The molecule has 34 heavy (non-hydrogen) atoms. The van der Waals surface area contributed by atoms with Crippen LogP contribution in [0.15, 0.2) is 70.4 Å². The first-order chi connectivity index (χ1) is 16.1. The van der Waals surface area contributed by atoms with Crippen LogP contribution in [0.4, 0.5) is 0 Å². The summed E-state index contributed by atoms with van der Waals surface area (Å²) in [4.78, 5) is 24.3. The molecule has 0 aliphatic rings. The topological polar surface area (TPSA) is 116 Å². The zero-order valence-corrected chi connectivity index (χ0v) is 20.9. The Morgan fingerprint density at radius 1 is 1.15 bits per heavy atom. The van der Waals surface area contributed by atoms with Crippen LogP contribution in [0.1, 0.15) is 51.4 Å². The van der Waals surface area contributed by atoms with E-state index in [1.807, 2.05) is 31.2 Å². The number of Topliss-reactive ketones (excluding diaryl/α,β-unsaturated/α-hetero) is 1. The largest absolute Gasteiger partial charge is 0.484 e. The molecule has 1 aromatic carbocycles. The molecule has 2 aromatic rings. The van der Waals surface area contributed by atoms with E-state index in [9.17, 15) is 4.79 Å². The van der Waals surface area contributed by atoms with Crippen molar-refractivity contribution >= 4 is 23.5 Å². The summed E-state index contributed by atoms with van der Waals surface area (Å²) in [7, 11) is 1.69. The number of pyridine rings is 1. The van der Waals surface area contributed by atoms with Crippen LogP contribution in [0.5, 0.6) is 5.75 Å². The molecule has 4 N–H and O–H groups in total. The van der Waals surface area contributed by atoms with Gasteiger partial charge in [0.2, 0.25) is 0 Å². The monoisotopic (exact) mass is 461 g/mol. The second kappa shape index (κ2) is 11.9. The fourth-order valence-electron chi connectivity index (χ4n) is 3.41. The number of ketones is 1. The predicted octanol–water partition coefficient (Wildman–Crippen LogP) is 4.27. The number of benzene rings is 1. The van der Waals surface area contributed by atoms with Gasteiger partial charge in [-0.05, 0) is 55.2 Å². The summed E-state index contributed by atoms with van der Waals surface area (Å²) in [6.45, 7) is 10.1. The molecule has 7 heteroatoms. The molecule has 1 atom stereocenters. The highest BCUT2D eigenvalue weighted by molar-refractivity contribution is 5.92. The highest BCUT2D eigenvalue weighted by Crippen LogP contribution is 2.38. The lowest BCUT2D eigenvalue weighted by Gasteiger charge is -2.34. The number of amidine groups is 1. The van der Waals surface area contributed by atoms with Gasteiger partial charge in [-0.15, -0.1) is 0 Å². The molecule has 1 unspecified atom stereocenters. The number of carbonyl (C=O) groups excluding carboxylic acids is 1. The highest BCUT2D eigenvalue weighted by atomic mass is 16.5. The third-order valence-corrected chi connectivity index (χ3v) is 5.99. The summed E-state index contributed by atoms with van der Waals surface area (Å²) >= 11 is 0. The molecule has 1 heterocycles. The molecule has 0 saturated carbocycles. The van der Waals surface area contributed by atoms with Gasteiger partial charge in [-0.3, -0.25) is 14.8 Å². The molecular weight excluding hydrogens is 426 g/mol. The molecule has 0 spiro atoms. The van der Waals surface area contributed by atoms with Gasteiger partial charge in [-0.1, -0.05) is 38.1 Å². The molecule has 0 aliphatic carbocycles. The van der Waals surface area contributed by atoms with Crippen molar-refractivity contribution in [1.82, 2.24) is 4.98 Å². The van der Waals surface area contributed by atoms with E-state index in [4.69, 9.17) is 21.2 Å². The average Bonchev–Trinajstić information content (AvgIpc) is 2.84. The number of rotatable bonds is 9. The summed E-state index contributed by atoms with van der Waals surface area (Å²) in [6.07, 6.45) is 6.60. The van der Waals surface area contributed by atoms with Gasteiger partial charge in [0.25, 0.3) is 0 Å². The van der Waals surface area contributed by atoms with Crippen molar-refractivity contribution < 1.29 is 9.53 Å². The third-order valence-electron chi connectivity index (χ3n) is 5.99. The Hall–Kier alpha value is -3.74. The fraction of sp³-hybridized carbons (Fsp3) is 0.333. The molecular formula is C27H35N5O2. The number of nitrogens with zero attached hydrogens (tertiary/aromatic N) is 3. The Morgan fingerprint density at radius 3 is 2.32 bits per heavy atom. The van der Waals surface area contributed by atoms with E-state index in [1.54, 1.807) is 25.5 Å². The summed E-state index contributed by atoms with van der Waals surface area (Å²) in [5.74, 6) is 1.37. The van der Waals surface area contributed by atoms with Crippen molar-refractivity contribution in [1.29, 1.82) is 0 Å². The van der Waals surface area contributed by atoms with Crippen LogP contribution in [0.25, 0.3) is 5.70 Å². The third kappa shape index (κ3) is 6.41. The molecule has 2 rings (SSSR count). The lowest BCUT2D eigenvalue weighted by molar-refractivity contribution is -0.113. The lowest BCUT2D eigenvalue weighted by atomic mass is 9.70. The van der Waals surface area contributed by atoms with Gasteiger partial charge in [0.05, 0.1) is 17.6 Å². The van der Waals surface area contributed by atoms with Gasteiger partial charge in [0, 0.05) is 31.3 Å². The zero-order chi connectivity index (χ0) is 25.3. The number of hydrogen-bond acceptors (Lipinski definition) is 6. The Morgan fingerprint density at radius 2 is 1.82 bits per heavy atom. The van der Waals surface area contributed by atoms with Crippen molar-refractivity contribution in [2.45, 2.75) is 40.0 Å². The average molecular weight is 462 g/mol. The van der Waals surface area contributed by atoms with Gasteiger partial charge < -0.3 is 16.2 Å². The number of carbonyl (C=O) groups is 1. The van der Waals surface area contributed by atoms with Gasteiger partial charge in [-0.2, -0.15) is 0 Å². The maximum atomic E-state index is 11.3. The van der Waals surface area contributed by atoms with Crippen molar-refractivity contribution in [3.8, 4) is 5.75 Å². The summed E-state index contributed by atoms with van der Waals surface area (Å²) < 4.78 is 5.78. The smallest absolute Gasteiger partial charge is 0.175 e. The van der Waals surface area contributed by atoms with E-state index < -0.39 is 0 Å². The van der Waals surface area contributed by atoms with Gasteiger partial charge in [-0.25, -0.2) is 4.99 Å². The second-order valence-corrected chi connectivity index (χ2v) is 8.43. The first-order valence-electron chi connectivity index (χ1n) is 11.2. The maximum absolute atomic E-state index is 11.3. The number of ether oxygens (including phenoxy) is 1. The second-order valence-electron chi connectivity index (χ2n) is 8.43. The highest BCUT2D eigenvalue weighted by Gasteiger charge is 2.34. The quantitative estimate of drug-likeness (QED) is 0.250. The Kier molecular flexibility index (Phi) is 9.30. The van der Waals surface area contributed by atoms with Crippen LogP contribution in [0.2, 0.25) is 0 Å². The van der Waals surface area contributed by atoms with Gasteiger partial charge in [0.1, 0.15) is 12.4 Å². The first-order valence-corrected chi connectivity index (χ1v) is 11.2. The van der Waals surface area contributed by atoms with Gasteiger partial charge >= 0.3 is 0 Å². The molecule has 180 valence electrons. The normalized spacial score (nSPS) is 15.0. The number of aliphatic imine (C=N–C) groups is 2. The van der Waals surface area contributed by atoms with E-state index >= 15 is 0 Å². The SMILES string of the molecule is CC=NC(COc1ccc(C(C)(c2ccc(/C(N)=C/C=C(\N)C(C)=O)cc2)C(C)C)nc1)=NC. The van der Waals surface area contributed by atoms with Crippen LogP contribution >= 0.6 is 0 Å². The number of aromatic nitrogens is 1. The van der Waals surface area contributed by atoms with E-state index in [0.717, 1.165) is 16.8 Å². The van der Waals surface area contributed by atoms with Crippen LogP contribution in [0.3, 0.4) is 0 Å². The molecule has 0 radical (unpaired) electrons. The molecule has 7 nitrogen and oxygen atoms in total. The Balaban J connectivity index is 2.28. The summed E-state index contributed by atoms with van der Waals surface area (Å²) in [5, 5.41) is 0. The summed E-state index contributed by atoms with van der Waals surface area (Å²) in [5.41, 5.74) is 15.1. The first kappa shape index (κ1) is 26.5. The van der Waals surface area contributed by atoms with E-state index in [2.05, 4.69) is 42.9 Å². The van der Waals surface area contributed by atoms with E-state index in [0.29, 0.717) is 17.3 Å². The van der Waals surface area contributed by atoms with E-state index in [1.165, 1.54) is 13.0 Å². The molecule has 0 amide bonds. The number of hydrogen-bond donors (Lipinski definition) is 2. The van der Waals surface area contributed by atoms with Crippen molar-refractivity contribution in [2.75, 3.05) is 13.7 Å². The van der Waals surface area contributed by atoms with Gasteiger partial charge in [0.15, 0.2) is 11.6 Å². The minimum Gasteiger partial charge on any atom is -0.484 e. The Labute approximate surface area is 202 Å². The van der Waals surface area contributed by atoms with Crippen LogP contribution in [-0.4, -0.2) is 36.5 Å². The molecule has 0 bridgehead atoms. The van der Waals surface area contributed by atoms with Crippen molar-refractivity contribution in [2.24, 2.45) is 27.4 Å². The number of allylic oxidation sites excluding steroid dienone is 3. The Bertz CT molecular complexity index is 1100. The summed E-state index contributed by atoms with van der Waals surface area (Å²) in [6, 6.07) is 12.0. The minimum atomic E-state index is -0.322. The maximum Gasteiger partial charge on any atom is 0.175 e. The standard InChI is InChI=1S/C27H35N5O2/c1-7-31-26(30-6)17-34-22-12-15-25(32-16-22)27(5,18(2)3)21-10-8-20(9-11-21)24(29)14-13-23(28)19(4)33/h7-16,18H,17,28-29H2,1-6H3/b23-13-,24-14-,30-26?,31-7?. The van der Waals surface area contributed by atoms with Crippen LogP contribution in [0, 0.1) is 5.92 Å². The van der Waals surface area contributed by atoms with Crippen molar-refractivity contribution in [3.63, 3.8) is 0 Å². The molecule has 0 fully saturated rings. The lowest BCUT2D eigenvalue weighted by Crippen LogP contribution is -2.31. The van der Waals surface area contributed by atoms with E-state index in [-0.39, 0.29) is 29.4 Å². The zero-order valence-electron chi connectivity index (χ0n) is 20.9. The molecule has 0 saturated heterocycles.